The Bertz CT molecular complexity index is 348. The van der Waals surface area contributed by atoms with Crippen molar-refractivity contribution in [2.24, 2.45) is 0 Å². The van der Waals surface area contributed by atoms with Gasteiger partial charge in [0.05, 0.1) is 12.1 Å². The Kier molecular flexibility index (Phi) is 3.39. The molecular formula is C11H14F3N. The summed E-state index contributed by atoms with van der Waals surface area (Å²) >= 11 is 0. The molecule has 0 fully saturated rings. The normalized spacial score (nSPS) is 12.2. The largest absolute Gasteiger partial charge is 0.303 e. The van der Waals surface area contributed by atoms with Crippen molar-refractivity contribution in [3.8, 4) is 0 Å². The molecule has 0 spiro atoms. The number of halogens is 3. The molecule has 0 aliphatic heterocycles. The summed E-state index contributed by atoms with van der Waals surface area (Å²) in [7, 11) is 3.06. The molecular weight excluding hydrogens is 203 g/mol. The first-order chi connectivity index (χ1) is 6.84. The van der Waals surface area contributed by atoms with Gasteiger partial charge in [0.15, 0.2) is 0 Å². The third-order valence-corrected chi connectivity index (χ3v) is 2.10. The second-order valence-corrected chi connectivity index (χ2v) is 3.88. The van der Waals surface area contributed by atoms with Gasteiger partial charge in [0.2, 0.25) is 0 Å². The quantitative estimate of drug-likeness (QED) is 0.752. The zero-order chi connectivity index (χ0) is 11.6. The van der Waals surface area contributed by atoms with Crippen LogP contribution in [0.1, 0.15) is 11.1 Å². The first-order valence-electron chi connectivity index (χ1n) is 4.63. The molecule has 0 N–H and O–H groups in total. The molecule has 0 atom stereocenters. The molecule has 0 bridgehead atoms. The van der Waals surface area contributed by atoms with Crippen molar-refractivity contribution in [2.45, 2.75) is 12.8 Å². The van der Waals surface area contributed by atoms with Crippen molar-refractivity contribution in [1.29, 1.82) is 0 Å². The molecule has 1 rings (SSSR count). The molecule has 0 radical (unpaired) electrons. The Morgan fingerprint density at radius 2 is 1.87 bits per heavy atom. The van der Waals surface area contributed by atoms with Gasteiger partial charge in [-0.2, -0.15) is 8.78 Å². The van der Waals surface area contributed by atoms with E-state index in [9.17, 15) is 13.2 Å². The van der Waals surface area contributed by atoms with Crippen LogP contribution in [0.5, 0.6) is 0 Å². The highest BCUT2D eigenvalue weighted by molar-refractivity contribution is 5.28. The Hall–Kier alpha value is -1.03. The Labute approximate surface area is 87.5 Å². The molecule has 0 aliphatic carbocycles. The molecule has 0 aromatic heterocycles. The van der Waals surface area contributed by atoms with E-state index in [1.54, 1.807) is 0 Å². The standard InChI is InChI=1S/C11H14F3N/c1-8-5-4-6-9(10(8)12)11(13,14)7-15(2)3/h4-6H,7H2,1-3H3. The van der Waals surface area contributed by atoms with E-state index in [0.717, 1.165) is 6.07 Å². The lowest BCUT2D eigenvalue weighted by molar-refractivity contribution is -0.0301. The van der Waals surface area contributed by atoms with Gasteiger partial charge in [0.25, 0.3) is 5.92 Å². The van der Waals surface area contributed by atoms with Gasteiger partial charge in [0, 0.05) is 0 Å². The summed E-state index contributed by atoms with van der Waals surface area (Å²) in [5.74, 6) is -3.97. The minimum absolute atomic E-state index is 0.242. The molecule has 0 heterocycles. The second kappa shape index (κ2) is 4.23. The van der Waals surface area contributed by atoms with E-state index in [2.05, 4.69) is 0 Å². The smallest absolute Gasteiger partial charge is 0.288 e. The molecule has 0 saturated heterocycles. The van der Waals surface area contributed by atoms with E-state index in [1.165, 1.54) is 38.1 Å². The van der Waals surface area contributed by atoms with Gasteiger partial charge in [-0.05, 0) is 26.6 Å². The maximum atomic E-state index is 13.6. The number of rotatable bonds is 3. The lowest BCUT2D eigenvalue weighted by atomic mass is 10.0. The van der Waals surface area contributed by atoms with Crippen LogP contribution < -0.4 is 0 Å². The fraction of sp³-hybridized carbons (Fsp3) is 0.455. The first kappa shape index (κ1) is 12.0. The fourth-order valence-electron chi connectivity index (χ4n) is 1.41. The lowest BCUT2D eigenvalue weighted by Gasteiger charge is -2.21. The lowest BCUT2D eigenvalue weighted by Crippen LogP contribution is -2.30. The molecule has 0 unspecified atom stereocenters. The maximum Gasteiger partial charge on any atom is 0.288 e. The molecule has 1 nitrogen and oxygen atoms in total. The van der Waals surface area contributed by atoms with Gasteiger partial charge in [-0.15, -0.1) is 0 Å². The Morgan fingerprint density at radius 1 is 1.27 bits per heavy atom. The van der Waals surface area contributed by atoms with Gasteiger partial charge in [-0.25, -0.2) is 4.39 Å². The van der Waals surface area contributed by atoms with Gasteiger partial charge in [0.1, 0.15) is 5.82 Å². The number of aryl methyl sites for hydroxylation is 1. The third kappa shape index (κ3) is 2.72. The Morgan fingerprint density at radius 3 is 2.40 bits per heavy atom. The van der Waals surface area contributed by atoms with Gasteiger partial charge >= 0.3 is 0 Å². The highest BCUT2D eigenvalue weighted by Crippen LogP contribution is 2.31. The summed E-state index contributed by atoms with van der Waals surface area (Å²) < 4.78 is 40.6. The first-order valence-corrected chi connectivity index (χ1v) is 4.63. The summed E-state index contributed by atoms with van der Waals surface area (Å²) in [5, 5.41) is 0. The number of alkyl halides is 2. The number of hydrogen-bond donors (Lipinski definition) is 0. The van der Waals surface area contributed by atoms with Crippen molar-refractivity contribution in [2.75, 3.05) is 20.6 Å². The summed E-state index contributed by atoms with van der Waals surface area (Å²) in [6.07, 6.45) is 0. The average Bonchev–Trinajstić information content (AvgIpc) is 2.07. The van der Waals surface area contributed by atoms with Gasteiger partial charge in [-0.1, -0.05) is 18.2 Å². The molecule has 0 aliphatic rings. The van der Waals surface area contributed by atoms with E-state index in [1.807, 2.05) is 0 Å². The monoisotopic (exact) mass is 217 g/mol. The highest BCUT2D eigenvalue weighted by atomic mass is 19.3. The zero-order valence-corrected chi connectivity index (χ0v) is 9.02. The Balaban J connectivity index is 3.09. The zero-order valence-electron chi connectivity index (χ0n) is 9.02. The summed E-state index contributed by atoms with van der Waals surface area (Å²) in [5.41, 5.74) is -0.290. The van der Waals surface area contributed by atoms with Crippen molar-refractivity contribution in [3.05, 3.63) is 35.1 Å². The van der Waals surface area contributed by atoms with Crippen LogP contribution in [0.2, 0.25) is 0 Å². The van der Waals surface area contributed by atoms with Gasteiger partial charge in [-0.3, -0.25) is 0 Å². The maximum absolute atomic E-state index is 13.6. The van der Waals surface area contributed by atoms with Gasteiger partial charge < -0.3 is 4.90 Å². The van der Waals surface area contributed by atoms with E-state index >= 15 is 0 Å². The fourth-order valence-corrected chi connectivity index (χ4v) is 1.41. The third-order valence-electron chi connectivity index (χ3n) is 2.10. The van der Waals surface area contributed by atoms with Crippen LogP contribution in [-0.2, 0) is 5.92 Å². The van der Waals surface area contributed by atoms with E-state index < -0.39 is 23.8 Å². The molecule has 84 valence electrons. The average molecular weight is 217 g/mol. The van der Waals surface area contributed by atoms with Crippen LogP contribution in [0.3, 0.4) is 0 Å². The molecule has 4 heteroatoms. The SMILES string of the molecule is Cc1cccc(C(F)(F)CN(C)C)c1F. The van der Waals surface area contributed by atoms with E-state index in [4.69, 9.17) is 0 Å². The predicted octanol–water partition coefficient (Wildman–Crippen LogP) is 2.79. The minimum Gasteiger partial charge on any atom is -0.303 e. The summed E-state index contributed by atoms with van der Waals surface area (Å²) in [6, 6.07) is 4.05. The van der Waals surface area contributed by atoms with Crippen LogP contribution in [0, 0.1) is 12.7 Å². The number of benzene rings is 1. The summed E-state index contributed by atoms with van der Waals surface area (Å²) in [6.45, 7) is 0.984. The van der Waals surface area contributed by atoms with Crippen molar-refractivity contribution in [3.63, 3.8) is 0 Å². The van der Waals surface area contributed by atoms with Crippen molar-refractivity contribution >= 4 is 0 Å². The van der Waals surface area contributed by atoms with Crippen molar-refractivity contribution in [1.82, 2.24) is 4.90 Å². The molecule has 1 aromatic carbocycles. The molecule has 0 amide bonds. The van der Waals surface area contributed by atoms with Crippen LogP contribution in [-0.4, -0.2) is 25.5 Å². The number of nitrogens with zero attached hydrogens (tertiary/aromatic N) is 1. The van der Waals surface area contributed by atoms with E-state index in [0.29, 0.717) is 0 Å². The van der Waals surface area contributed by atoms with Crippen LogP contribution in [0.25, 0.3) is 0 Å². The van der Waals surface area contributed by atoms with Crippen LogP contribution in [0.15, 0.2) is 18.2 Å². The van der Waals surface area contributed by atoms with E-state index in [-0.39, 0.29) is 5.56 Å². The van der Waals surface area contributed by atoms with Crippen LogP contribution in [0.4, 0.5) is 13.2 Å². The molecule has 0 saturated carbocycles. The number of likely N-dealkylation sites (N-methyl/N-ethyl adjacent to an activating group) is 1. The van der Waals surface area contributed by atoms with Crippen molar-refractivity contribution < 1.29 is 13.2 Å². The highest BCUT2D eigenvalue weighted by Gasteiger charge is 2.35. The van der Waals surface area contributed by atoms with Crippen LogP contribution >= 0.6 is 0 Å². The topological polar surface area (TPSA) is 3.24 Å². The minimum atomic E-state index is -3.15. The molecule has 1 aromatic rings. The molecule has 15 heavy (non-hydrogen) atoms. The second-order valence-electron chi connectivity index (χ2n) is 3.88. The predicted molar refractivity (Wildman–Crippen MR) is 53.6 cm³/mol. The summed E-state index contributed by atoms with van der Waals surface area (Å²) in [4.78, 5) is 1.34. The number of hydrogen-bond acceptors (Lipinski definition) is 1.